The largest absolute Gasteiger partial charge is 0.497 e. The molecule has 1 aliphatic rings. The van der Waals surface area contributed by atoms with Gasteiger partial charge in [-0.1, -0.05) is 12.1 Å². The fourth-order valence-corrected chi connectivity index (χ4v) is 3.43. The molecule has 1 aliphatic heterocycles. The number of para-hydroxylation sites is 2. The van der Waals surface area contributed by atoms with Crippen LogP contribution in [-0.2, 0) is 0 Å². The summed E-state index contributed by atoms with van der Waals surface area (Å²) in [6.45, 7) is 3.43. The van der Waals surface area contributed by atoms with Crippen molar-refractivity contribution >= 4 is 28.7 Å². The van der Waals surface area contributed by atoms with Crippen molar-refractivity contribution in [3.8, 4) is 17.2 Å². The Labute approximate surface area is 165 Å². The summed E-state index contributed by atoms with van der Waals surface area (Å²) >= 11 is 5.61. The molecule has 2 aromatic carbocycles. The maximum absolute atomic E-state index is 5.61. The van der Waals surface area contributed by atoms with E-state index in [0.717, 1.165) is 49.1 Å². The van der Waals surface area contributed by atoms with Crippen LogP contribution in [0.5, 0.6) is 17.2 Å². The molecule has 1 heterocycles. The van der Waals surface area contributed by atoms with E-state index in [-0.39, 0.29) is 0 Å². The van der Waals surface area contributed by atoms with Gasteiger partial charge in [-0.15, -0.1) is 0 Å². The molecule has 0 radical (unpaired) electrons. The summed E-state index contributed by atoms with van der Waals surface area (Å²) in [5, 5.41) is 3.99. The maximum Gasteiger partial charge on any atom is 0.173 e. The van der Waals surface area contributed by atoms with Gasteiger partial charge in [-0.3, -0.25) is 0 Å². The quantitative estimate of drug-likeness (QED) is 0.791. The first kappa shape index (κ1) is 19.1. The normalized spacial score (nSPS) is 13.9. The monoisotopic (exact) mass is 387 g/mol. The summed E-state index contributed by atoms with van der Waals surface area (Å²) in [5.74, 6) is 2.34. The predicted molar refractivity (Wildman–Crippen MR) is 113 cm³/mol. The Balaban J connectivity index is 1.62. The molecule has 0 atom stereocenters. The lowest BCUT2D eigenvalue weighted by Crippen LogP contribution is -2.50. The SMILES string of the molecule is COc1ccc(NC(=S)N2CCN(c3ccccc3OC)CC2)c(OC)c1. The van der Waals surface area contributed by atoms with Crippen molar-refractivity contribution in [3.63, 3.8) is 0 Å². The summed E-state index contributed by atoms with van der Waals surface area (Å²) in [5.41, 5.74) is 1.95. The van der Waals surface area contributed by atoms with Crippen LogP contribution in [-0.4, -0.2) is 57.5 Å². The Morgan fingerprint density at radius 2 is 1.59 bits per heavy atom. The average Bonchev–Trinajstić information content (AvgIpc) is 2.74. The molecule has 1 saturated heterocycles. The lowest BCUT2D eigenvalue weighted by molar-refractivity contribution is 0.381. The Hall–Kier alpha value is -2.67. The third-order valence-electron chi connectivity index (χ3n) is 4.64. The summed E-state index contributed by atoms with van der Waals surface area (Å²) in [7, 11) is 4.97. The molecule has 144 valence electrons. The van der Waals surface area contributed by atoms with E-state index in [1.807, 2.05) is 36.4 Å². The van der Waals surface area contributed by atoms with Gasteiger partial charge in [0, 0.05) is 32.2 Å². The van der Waals surface area contributed by atoms with Crippen LogP contribution in [0.4, 0.5) is 11.4 Å². The molecule has 0 aliphatic carbocycles. The van der Waals surface area contributed by atoms with E-state index in [1.54, 1.807) is 21.3 Å². The molecule has 0 saturated carbocycles. The summed E-state index contributed by atoms with van der Waals surface area (Å²) in [4.78, 5) is 4.50. The molecule has 3 rings (SSSR count). The molecule has 0 amide bonds. The maximum atomic E-state index is 5.61. The van der Waals surface area contributed by atoms with Gasteiger partial charge in [-0.25, -0.2) is 0 Å². The van der Waals surface area contributed by atoms with Crippen LogP contribution in [0.15, 0.2) is 42.5 Å². The smallest absolute Gasteiger partial charge is 0.173 e. The minimum atomic E-state index is 0.693. The van der Waals surface area contributed by atoms with Crippen LogP contribution in [0.2, 0.25) is 0 Å². The van der Waals surface area contributed by atoms with Crippen molar-refractivity contribution in [1.82, 2.24) is 4.90 Å². The number of anilines is 2. The van der Waals surface area contributed by atoms with Crippen LogP contribution >= 0.6 is 12.2 Å². The van der Waals surface area contributed by atoms with Crippen LogP contribution in [0.3, 0.4) is 0 Å². The molecule has 0 aromatic heterocycles. The molecule has 0 spiro atoms. The van der Waals surface area contributed by atoms with Crippen LogP contribution in [0.1, 0.15) is 0 Å². The zero-order valence-corrected chi connectivity index (χ0v) is 16.7. The molecule has 1 fully saturated rings. The van der Waals surface area contributed by atoms with E-state index in [4.69, 9.17) is 26.4 Å². The van der Waals surface area contributed by atoms with Crippen molar-refractivity contribution < 1.29 is 14.2 Å². The fraction of sp³-hybridized carbons (Fsp3) is 0.350. The van der Waals surface area contributed by atoms with Crippen molar-refractivity contribution in [2.45, 2.75) is 0 Å². The van der Waals surface area contributed by atoms with Gasteiger partial charge in [0.05, 0.1) is 32.7 Å². The van der Waals surface area contributed by atoms with E-state index >= 15 is 0 Å². The number of thiocarbonyl (C=S) groups is 1. The zero-order chi connectivity index (χ0) is 19.2. The van der Waals surface area contributed by atoms with Gasteiger partial charge in [0.25, 0.3) is 0 Å². The lowest BCUT2D eigenvalue weighted by Gasteiger charge is -2.37. The van der Waals surface area contributed by atoms with Gasteiger partial charge in [0.15, 0.2) is 5.11 Å². The van der Waals surface area contributed by atoms with E-state index in [2.05, 4.69) is 21.2 Å². The van der Waals surface area contributed by atoms with Gasteiger partial charge in [-0.05, 0) is 36.5 Å². The Bertz CT molecular complexity index is 792. The second-order valence-electron chi connectivity index (χ2n) is 6.14. The number of nitrogens with one attached hydrogen (secondary N) is 1. The standard InChI is InChI=1S/C20H25N3O3S/c1-24-15-8-9-16(19(14-15)26-3)21-20(27)23-12-10-22(11-13-23)17-6-4-5-7-18(17)25-2/h4-9,14H,10-13H2,1-3H3,(H,21,27). The number of hydrogen-bond acceptors (Lipinski definition) is 5. The molecule has 6 nitrogen and oxygen atoms in total. The molecule has 2 aromatic rings. The van der Waals surface area contributed by atoms with E-state index < -0.39 is 0 Å². The first-order chi connectivity index (χ1) is 13.2. The predicted octanol–water partition coefficient (Wildman–Crippen LogP) is 3.23. The average molecular weight is 388 g/mol. The summed E-state index contributed by atoms with van der Waals surface area (Å²) < 4.78 is 16.2. The Morgan fingerprint density at radius 3 is 2.26 bits per heavy atom. The molecule has 0 bridgehead atoms. The lowest BCUT2D eigenvalue weighted by atomic mass is 10.2. The first-order valence-electron chi connectivity index (χ1n) is 8.82. The Morgan fingerprint density at radius 1 is 0.889 bits per heavy atom. The van der Waals surface area contributed by atoms with E-state index in [9.17, 15) is 0 Å². The molecule has 1 N–H and O–H groups in total. The summed E-state index contributed by atoms with van der Waals surface area (Å²) in [6.07, 6.45) is 0. The van der Waals surface area contributed by atoms with Crippen LogP contribution in [0.25, 0.3) is 0 Å². The number of hydrogen-bond donors (Lipinski definition) is 1. The minimum Gasteiger partial charge on any atom is -0.497 e. The number of ether oxygens (including phenoxy) is 3. The molecule has 27 heavy (non-hydrogen) atoms. The second-order valence-corrected chi connectivity index (χ2v) is 6.53. The van der Waals surface area contributed by atoms with Crippen molar-refractivity contribution in [2.75, 3.05) is 57.7 Å². The summed E-state index contributed by atoms with van der Waals surface area (Å²) in [6, 6.07) is 13.7. The number of piperazine rings is 1. The highest BCUT2D eigenvalue weighted by molar-refractivity contribution is 7.80. The van der Waals surface area contributed by atoms with Crippen molar-refractivity contribution in [2.24, 2.45) is 0 Å². The molecule has 7 heteroatoms. The third-order valence-corrected chi connectivity index (χ3v) is 5.00. The molecular weight excluding hydrogens is 362 g/mol. The minimum absolute atomic E-state index is 0.693. The highest BCUT2D eigenvalue weighted by atomic mass is 32.1. The fourth-order valence-electron chi connectivity index (χ4n) is 3.14. The Kier molecular flexibility index (Phi) is 6.24. The number of benzene rings is 2. The number of nitrogens with zero attached hydrogens (tertiary/aromatic N) is 2. The number of rotatable bonds is 5. The van der Waals surface area contributed by atoms with E-state index in [1.165, 1.54) is 0 Å². The topological polar surface area (TPSA) is 46.2 Å². The van der Waals surface area contributed by atoms with Gasteiger partial charge >= 0.3 is 0 Å². The van der Waals surface area contributed by atoms with Crippen LogP contribution in [0, 0.1) is 0 Å². The third kappa shape index (κ3) is 4.36. The highest BCUT2D eigenvalue weighted by Gasteiger charge is 2.21. The number of methoxy groups -OCH3 is 3. The van der Waals surface area contributed by atoms with Gasteiger partial charge in [-0.2, -0.15) is 0 Å². The highest BCUT2D eigenvalue weighted by Crippen LogP contribution is 2.30. The van der Waals surface area contributed by atoms with Crippen LogP contribution < -0.4 is 24.4 Å². The van der Waals surface area contributed by atoms with E-state index in [0.29, 0.717) is 10.9 Å². The van der Waals surface area contributed by atoms with Crippen molar-refractivity contribution in [3.05, 3.63) is 42.5 Å². The second kappa shape index (κ2) is 8.81. The van der Waals surface area contributed by atoms with Gasteiger partial charge in [0.2, 0.25) is 0 Å². The van der Waals surface area contributed by atoms with Gasteiger partial charge < -0.3 is 29.3 Å². The zero-order valence-electron chi connectivity index (χ0n) is 15.9. The molecule has 0 unspecified atom stereocenters. The van der Waals surface area contributed by atoms with Crippen molar-refractivity contribution in [1.29, 1.82) is 0 Å². The van der Waals surface area contributed by atoms with Gasteiger partial charge in [0.1, 0.15) is 17.2 Å². The molecular formula is C20H25N3O3S. The first-order valence-corrected chi connectivity index (χ1v) is 9.23.